The van der Waals surface area contributed by atoms with Crippen LogP contribution in [-0.2, 0) is 39.2 Å². The predicted molar refractivity (Wildman–Crippen MR) is 129 cm³/mol. The van der Waals surface area contributed by atoms with Crippen molar-refractivity contribution < 1.29 is 23.9 Å². The standard InChI is InChI=1S/C25H36N4O5/c1-4-33-16-10-15-28(25(32)26-17-24(31)34-5-2)20-23(30)29(18-21-11-7-6-8-12-21)19-22-13-9-14-27(22)3/h6-9,11-14H,4-5,10,15-20H2,1-3H3,(H,26,32). The van der Waals surface area contributed by atoms with Gasteiger partial charge in [-0.05, 0) is 38.0 Å². The lowest BCUT2D eigenvalue weighted by Gasteiger charge is -2.28. The molecule has 0 radical (unpaired) electrons. The van der Waals surface area contributed by atoms with Gasteiger partial charge in [0.2, 0.25) is 5.91 Å². The molecule has 1 heterocycles. The Morgan fingerprint density at radius 1 is 0.971 bits per heavy atom. The fourth-order valence-corrected chi connectivity index (χ4v) is 3.38. The van der Waals surface area contributed by atoms with E-state index in [9.17, 15) is 14.4 Å². The molecule has 0 spiro atoms. The summed E-state index contributed by atoms with van der Waals surface area (Å²) >= 11 is 0. The normalized spacial score (nSPS) is 10.6. The third-order valence-electron chi connectivity index (χ3n) is 5.20. The number of amides is 3. The minimum absolute atomic E-state index is 0.113. The molecule has 2 rings (SSSR count). The highest BCUT2D eigenvalue weighted by Crippen LogP contribution is 2.12. The van der Waals surface area contributed by atoms with Crippen LogP contribution in [0.1, 0.15) is 31.5 Å². The first-order valence-electron chi connectivity index (χ1n) is 11.6. The molecule has 0 fully saturated rings. The number of hydrogen-bond acceptors (Lipinski definition) is 5. The Labute approximate surface area is 201 Å². The van der Waals surface area contributed by atoms with Gasteiger partial charge in [0.25, 0.3) is 0 Å². The van der Waals surface area contributed by atoms with Gasteiger partial charge in [0.1, 0.15) is 13.1 Å². The van der Waals surface area contributed by atoms with Crippen LogP contribution in [0.4, 0.5) is 4.79 Å². The Hall–Kier alpha value is -3.33. The van der Waals surface area contributed by atoms with E-state index in [4.69, 9.17) is 9.47 Å². The first kappa shape index (κ1) is 26.9. The summed E-state index contributed by atoms with van der Waals surface area (Å²) in [5.74, 6) is -0.710. The highest BCUT2D eigenvalue weighted by Gasteiger charge is 2.23. The molecule has 0 atom stereocenters. The van der Waals surface area contributed by atoms with Gasteiger partial charge in [0.05, 0.1) is 13.2 Å². The number of rotatable bonds is 14. The number of ether oxygens (including phenoxy) is 2. The SMILES string of the molecule is CCOCCCN(CC(=O)N(Cc1ccccc1)Cc1cccn1C)C(=O)NCC(=O)OCC. The molecule has 2 aromatic rings. The van der Waals surface area contributed by atoms with Gasteiger partial charge in [-0.1, -0.05) is 30.3 Å². The molecule has 0 unspecified atom stereocenters. The van der Waals surface area contributed by atoms with Gasteiger partial charge in [-0.2, -0.15) is 0 Å². The predicted octanol–water partition coefficient (Wildman–Crippen LogP) is 2.56. The van der Waals surface area contributed by atoms with Gasteiger partial charge in [0, 0.05) is 45.2 Å². The lowest BCUT2D eigenvalue weighted by molar-refractivity contribution is -0.141. The van der Waals surface area contributed by atoms with Crippen molar-refractivity contribution in [2.24, 2.45) is 7.05 Å². The Morgan fingerprint density at radius 2 is 1.74 bits per heavy atom. The minimum atomic E-state index is -0.522. The molecule has 9 heteroatoms. The fourth-order valence-electron chi connectivity index (χ4n) is 3.38. The maximum absolute atomic E-state index is 13.4. The number of hydrogen-bond donors (Lipinski definition) is 1. The van der Waals surface area contributed by atoms with Crippen molar-refractivity contribution in [3.05, 3.63) is 59.9 Å². The first-order valence-corrected chi connectivity index (χ1v) is 11.6. The van der Waals surface area contributed by atoms with Crippen LogP contribution in [0.15, 0.2) is 48.7 Å². The summed E-state index contributed by atoms with van der Waals surface area (Å²) in [4.78, 5) is 41.0. The fraction of sp³-hybridized carbons (Fsp3) is 0.480. The van der Waals surface area contributed by atoms with Gasteiger partial charge < -0.3 is 29.2 Å². The summed E-state index contributed by atoms with van der Waals surface area (Å²) in [5, 5.41) is 2.55. The molecule has 34 heavy (non-hydrogen) atoms. The van der Waals surface area contributed by atoms with Gasteiger partial charge in [-0.25, -0.2) is 4.79 Å². The van der Waals surface area contributed by atoms with Crippen LogP contribution >= 0.6 is 0 Å². The third kappa shape index (κ3) is 9.27. The van der Waals surface area contributed by atoms with Crippen molar-refractivity contribution in [2.45, 2.75) is 33.4 Å². The van der Waals surface area contributed by atoms with E-state index in [2.05, 4.69) is 5.32 Å². The van der Waals surface area contributed by atoms with E-state index in [0.29, 0.717) is 39.3 Å². The number of benzene rings is 1. The molecule has 186 valence electrons. The Bertz CT molecular complexity index is 900. The number of carbonyl (C=O) groups excluding carboxylic acids is 3. The van der Waals surface area contributed by atoms with Crippen molar-refractivity contribution in [1.29, 1.82) is 0 Å². The third-order valence-corrected chi connectivity index (χ3v) is 5.20. The number of nitrogens with one attached hydrogen (secondary N) is 1. The zero-order valence-electron chi connectivity index (χ0n) is 20.4. The van der Waals surface area contributed by atoms with E-state index >= 15 is 0 Å². The van der Waals surface area contributed by atoms with Crippen LogP contribution in [0.5, 0.6) is 0 Å². The van der Waals surface area contributed by atoms with Gasteiger partial charge in [0.15, 0.2) is 0 Å². The zero-order chi connectivity index (χ0) is 24.8. The number of aromatic nitrogens is 1. The molecule has 0 saturated heterocycles. The maximum atomic E-state index is 13.4. The summed E-state index contributed by atoms with van der Waals surface area (Å²) in [6.07, 6.45) is 2.51. The Kier molecular flexibility index (Phi) is 11.7. The van der Waals surface area contributed by atoms with E-state index in [-0.39, 0.29) is 25.6 Å². The number of esters is 1. The average molecular weight is 473 g/mol. The summed E-state index contributed by atoms with van der Waals surface area (Å²) in [7, 11) is 1.93. The molecule has 0 saturated carbocycles. The first-order chi connectivity index (χ1) is 16.4. The van der Waals surface area contributed by atoms with E-state index < -0.39 is 12.0 Å². The maximum Gasteiger partial charge on any atom is 0.325 e. The monoisotopic (exact) mass is 472 g/mol. The molecule has 1 N–H and O–H groups in total. The second-order valence-electron chi connectivity index (χ2n) is 7.78. The minimum Gasteiger partial charge on any atom is -0.465 e. The number of aryl methyl sites for hydroxylation is 1. The van der Waals surface area contributed by atoms with Crippen molar-refractivity contribution in [3.8, 4) is 0 Å². The van der Waals surface area contributed by atoms with Crippen molar-refractivity contribution in [1.82, 2.24) is 19.7 Å². The summed E-state index contributed by atoms with van der Waals surface area (Å²) in [6.45, 7) is 5.68. The topological polar surface area (TPSA) is 93.1 Å². The molecule has 1 aromatic carbocycles. The van der Waals surface area contributed by atoms with Crippen LogP contribution in [0.3, 0.4) is 0 Å². The average Bonchev–Trinajstić information content (AvgIpc) is 3.24. The second kappa shape index (κ2) is 14.7. The quantitative estimate of drug-likeness (QED) is 0.337. The molecule has 9 nitrogen and oxygen atoms in total. The van der Waals surface area contributed by atoms with Crippen LogP contribution in [0.2, 0.25) is 0 Å². The molecule has 0 aliphatic heterocycles. The smallest absolute Gasteiger partial charge is 0.325 e. The summed E-state index contributed by atoms with van der Waals surface area (Å²) in [5.41, 5.74) is 1.98. The highest BCUT2D eigenvalue weighted by molar-refractivity contribution is 5.86. The molecular formula is C25H36N4O5. The van der Waals surface area contributed by atoms with Gasteiger partial charge >= 0.3 is 12.0 Å². The lowest BCUT2D eigenvalue weighted by Crippen LogP contribution is -2.48. The van der Waals surface area contributed by atoms with E-state index in [1.54, 1.807) is 11.8 Å². The van der Waals surface area contributed by atoms with Gasteiger partial charge in [-0.15, -0.1) is 0 Å². The molecule has 1 aromatic heterocycles. The van der Waals surface area contributed by atoms with Crippen molar-refractivity contribution >= 4 is 17.9 Å². The molecule has 0 aliphatic carbocycles. The van der Waals surface area contributed by atoms with E-state index in [0.717, 1.165) is 11.3 Å². The molecule has 3 amide bonds. The Balaban J connectivity index is 2.12. The van der Waals surface area contributed by atoms with Crippen LogP contribution in [0.25, 0.3) is 0 Å². The summed E-state index contributed by atoms with van der Waals surface area (Å²) in [6, 6.07) is 13.2. The molecule has 0 bridgehead atoms. The number of urea groups is 1. The van der Waals surface area contributed by atoms with Crippen molar-refractivity contribution in [2.75, 3.05) is 39.5 Å². The van der Waals surface area contributed by atoms with E-state index in [1.165, 1.54) is 4.90 Å². The second-order valence-corrected chi connectivity index (χ2v) is 7.78. The van der Waals surface area contributed by atoms with Crippen LogP contribution in [0, 0.1) is 0 Å². The summed E-state index contributed by atoms with van der Waals surface area (Å²) < 4.78 is 12.2. The Morgan fingerprint density at radius 3 is 2.38 bits per heavy atom. The van der Waals surface area contributed by atoms with Crippen LogP contribution < -0.4 is 5.32 Å². The van der Waals surface area contributed by atoms with E-state index in [1.807, 2.05) is 67.2 Å². The lowest BCUT2D eigenvalue weighted by atomic mass is 10.2. The van der Waals surface area contributed by atoms with Crippen molar-refractivity contribution in [3.63, 3.8) is 0 Å². The highest BCUT2D eigenvalue weighted by atomic mass is 16.5. The van der Waals surface area contributed by atoms with Crippen LogP contribution in [-0.4, -0.2) is 71.7 Å². The molecular weight excluding hydrogens is 436 g/mol. The molecule has 0 aliphatic rings. The number of carbonyl (C=O) groups is 3. The number of nitrogens with zero attached hydrogens (tertiary/aromatic N) is 3. The zero-order valence-corrected chi connectivity index (χ0v) is 20.4. The largest absolute Gasteiger partial charge is 0.465 e. The van der Waals surface area contributed by atoms with Gasteiger partial charge in [-0.3, -0.25) is 9.59 Å².